The molecule has 0 saturated carbocycles. The van der Waals surface area contributed by atoms with Gasteiger partial charge >= 0.3 is 0 Å². The zero-order chi connectivity index (χ0) is 31.8. The van der Waals surface area contributed by atoms with Crippen molar-refractivity contribution >= 4 is 64.2 Å². The summed E-state index contributed by atoms with van der Waals surface area (Å²) in [7, 11) is -5.72. The fourth-order valence-electron chi connectivity index (χ4n) is 5.51. The molecule has 0 radical (unpaired) electrons. The number of imidazole rings is 2. The number of anilines is 2. The molecule has 4 aromatic rings. The van der Waals surface area contributed by atoms with Crippen LogP contribution < -0.4 is 17.0 Å². The highest BCUT2D eigenvalue weighted by atomic mass is 31.2. The van der Waals surface area contributed by atoms with Crippen LogP contribution in [-0.2, 0) is 36.7 Å². The molecular weight excluding hydrogens is 640 g/mol. The van der Waals surface area contributed by atoms with Gasteiger partial charge in [-0.25, -0.2) is 19.9 Å². The van der Waals surface area contributed by atoms with E-state index in [9.17, 15) is 24.1 Å². The van der Waals surface area contributed by atoms with Crippen molar-refractivity contribution in [2.75, 3.05) is 24.7 Å². The Bertz CT molecular complexity index is 1940. The number of nitrogens with two attached hydrogens (primary N) is 2. The lowest BCUT2D eigenvalue weighted by Gasteiger charge is -2.27. The van der Waals surface area contributed by atoms with Crippen LogP contribution in [0.5, 0.6) is 0 Å². The molecule has 0 aromatic carbocycles. The van der Waals surface area contributed by atoms with Crippen molar-refractivity contribution in [2.45, 2.75) is 49.1 Å². The smallest absolute Gasteiger partial charge is 0.280 e. The number of hydrogen-bond donors (Lipinski definition) is 5. The number of rotatable bonds is 2. The van der Waals surface area contributed by atoms with Gasteiger partial charge in [-0.3, -0.25) is 28.0 Å². The van der Waals surface area contributed by atoms with Gasteiger partial charge in [0, 0.05) is 0 Å². The van der Waals surface area contributed by atoms with Crippen molar-refractivity contribution in [3.05, 3.63) is 29.3 Å². The molecule has 21 nitrogen and oxygen atoms in total. The molecule has 10 unspecified atom stereocenters. The van der Waals surface area contributed by atoms with Crippen molar-refractivity contribution in [2.24, 2.45) is 0 Å². The summed E-state index contributed by atoms with van der Waals surface area (Å²) in [4.78, 5) is 35.1. The number of H-pyrrole nitrogens is 1. The quantitative estimate of drug-likeness (QED) is 0.105. The van der Waals surface area contributed by atoms with Gasteiger partial charge in [0.25, 0.3) is 35.6 Å². The molecule has 25 heteroatoms. The number of aliphatic hydroxyl groups excluding tert-OH is 2. The van der Waals surface area contributed by atoms with E-state index in [0.717, 1.165) is 0 Å². The van der Waals surface area contributed by atoms with Crippen molar-refractivity contribution in [1.82, 2.24) is 39.0 Å². The fourth-order valence-corrected chi connectivity index (χ4v) is 7.84. The summed E-state index contributed by atoms with van der Waals surface area (Å²) in [6.45, 7) is -0.960. The Morgan fingerprint density at radius 1 is 0.844 bits per heavy atom. The van der Waals surface area contributed by atoms with Gasteiger partial charge in [0.2, 0.25) is 5.95 Å². The standard InChI is InChI=1S/C20H26B2N10O11P2/c21-44(36)38-1-6-10(33)13(19(40-6)32-5-28-9-16(32)29-20(24)30-17(9)35)43-45(22,37)39-2-7-12(42-44)11(34)18(41-7)31-4-27-8-14(23)25-3-26-15(8)31/h3-7,10-13,18-19,33-34H,1-2,21-22H2,(H2,23,25,26)(H3,24,29,30,35). The Balaban J connectivity index is 1.21. The number of nitrogen functional groups attached to an aromatic ring is 2. The van der Waals surface area contributed by atoms with Crippen LogP contribution in [0, 0.1) is 0 Å². The lowest BCUT2D eigenvalue weighted by molar-refractivity contribution is -0.0578. The first-order valence-electron chi connectivity index (χ1n) is 13.5. The number of nitrogens with one attached hydrogen (secondary N) is 1. The highest BCUT2D eigenvalue weighted by Crippen LogP contribution is 2.53. The Kier molecular flexibility index (Phi) is 7.40. The Labute approximate surface area is 253 Å². The maximum absolute atomic E-state index is 13.7. The van der Waals surface area contributed by atoms with E-state index in [1.165, 1.54) is 43.2 Å². The highest BCUT2D eigenvalue weighted by Gasteiger charge is 2.52. The minimum absolute atomic E-state index is 0.00219. The average molecular weight is 666 g/mol. The van der Waals surface area contributed by atoms with Gasteiger partial charge in [-0.05, 0) is 0 Å². The first-order valence-corrected chi connectivity index (χ1v) is 17.4. The molecule has 238 valence electrons. The van der Waals surface area contributed by atoms with Crippen molar-refractivity contribution in [3.63, 3.8) is 0 Å². The number of nitrogens with zero attached hydrogens (tertiary/aromatic N) is 7. The molecule has 0 amide bonds. The van der Waals surface area contributed by atoms with Crippen LogP contribution in [0.15, 0.2) is 23.8 Å². The third-order valence-electron chi connectivity index (χ3n) is 7.58. The highest BCUT2D eigenvalue weighted by molar-refractivity contribution is 7.79. The molecule has 0 spiro atoms. The van der Waals surface area contributed by atoms with Gasteiger partial charge in [-0.15, -0.1) is 0 Å². The van der Waals surface area contributed by atoms with Crippen LogP contribution >= 0.6 is 14.9 Å². The Morgan fingerprint density at radius 2 is 1.47 bits per heavy atom. The molecule has 7 rings (SSSR count). The number of ether oxygens (including phenoxy) is 2. The van der Waals surface area contributed by atoms with Gasteiger partial charge in [-0.1, -0.05) is 0 Å². The molecule has 3 fully saturated rings. The second-order valence-corrected chi connectivity index (χ2v) is 14.8. The van der Waals surface area contributed by atoms with Crippen LogP contribution in [0.3, 0.4) is 0 Å². The summed E-state index contributed by atoms with van der Waals surface area (Å²) in [6, 6.07) is 0. The van der Waals surface area contributed by atoms with Gasteiger partial charge in [-0.2, -0.15) is 4.98 Å². The molecule has 7 N–H and O–H groups in total. The Morgan fingerprint density at radius 3 is 2.20 bits per heavy atom. The number of aromatic nitrogens is 8. The van der Waals surface area contributed by atoms with E-state index in [1.807, 2.05) is 0 Å². The van der Waals surface area contributed by atoms with Crippen molar-refractivity contribution < 1.29 is 46.9 Å². The molecule has 7 heterocycles. The predicted molar refractivity (Wildman–Crippen MR) is 156 cm³/mol. The first kappa shape index (κ1) is 30.4. The van der Waals surface area contributed by atoms with E-state index < -0.39 is 82.8 Å². The number of aromatic amines is 1. The van der Waals surface area contributed by atoms with E-state index in [4.69, 9.17) is 39.0 Å². The van der Waals surface area contributed by atoms with E-state index >= 15 is 0 Å². The predicted octanol–water partition coefficient (Wildman–Crippen LogP) is -3.06. The lowest BCUT2D eigenvalue weighted by Crippen LogP contribution is -2.36. The van der Waals surface area contributed by atoms with E-state index in [1.54, 1.807) is 0 Å². The van der Waals surface area contributed by atoms with Crippen molar-refractivity contribution in [1.29, 1.82) is 0 Å². The zero-order valence-electron chi connectivity index (χ0n) is 23.5. The van der Waals surface area contributed by atoms with E-state index in [2.05, 4.69) is 29.9 Å². The van der Waals surface area contributed by atoms with E-state index in [-0.39, 0.29) is 34.1 Å². The van der Waals surface area contributed by atoms with E-state index in [0.29, 0.717) is 0 Å². The molecule has 0 aliphatic carbocycles. The van der Waals surface area contributed by atoms with Crippen LogP contribution in [0.4, 0.5) is 11.8 Å². The minimum Gasteiger partial charge on any atom is -0.387 e. The third-order valence-corrected chi connectivity index (χ3v) is 10.1. The van der Waals surface area contributed by atoms with Crippen LogP contribution in [0.1, 0.15) is 12.5 Å². The second kappa shape index (κ2) is 10.9. The fraction of sp³-hybridized carbons (Fsp3) is 0.500. The average Bonchev–Trinajstić information content (AvgIpc) is 3.72. The summed E-state index contributed by atoms with van der Waals surface area (Å²) in [5.41, 5.74) is 11.4. The van der Waals surface area contributed by atoms with Gasteiger partial charge in [0.05, 0.1) is 25.9 Å². The monoisotopic (exact) mass is 666 g/mol. The second-order valence-electron chi connectivity index (χ2n) is 10.7. The summed E-state index contributed by atoms with van der Waals surface area (Å²) < 4.78 is 64.9. The zero-order valence-corrected chi connectivity index (χ0v) is 25.3. The number of hydrogen-bond acceptors (Lipinski definition) is 18. The topological polar surface area (TPSA) is 289 Å². The molecule has 3 aliphatic heterocycles. The molecule has 45 heavy (non-hydrogen) atoms. The molecule has 3 saturated heterocycles. The number of fused-ring (bicyclic) bond motifs is 5. The third kappa shape index (κ3) is 5.38. The van der Waals surface area contributed by atoms with Crippen LogP contribution in [0.25, 0.3) is 22.3 Å². The molecule has 3 aliphatic rings. The summed E-state index contributed by atoms with van der Waals surface area (Å²) in [5, 5.41) is 22.5. The van der Waals surface area contributed by atoms with Crippen LogP contribution in [0.2, 0.25) is 0 Å². The largest absolute Gasteiger partial charge is 0.387 e. The van der Waals surface area contributed by atoms with Gasteiger partial charge in [0.1, 0.15) is 48.5 Å². The Hall–Kier alpha value is -3.23. The normalized spacial score (nSPS) is 37.6. The van der Waals surface area contributed by atoms with Gasteiger partial charge < -0.3 is 49.2 Å². The summed E-state index contributed by atoms with van der Waals surface area (Å²) in [5.74, 6) is -0.0944. The lowest BCUT2D eigenvalue weighted by atomic mass is 10.1. The molecule has 2 bridgehead atoms. The molecule has 10 atom stereocenters. The molecular formula is C20H26B2N10O11P2. The van der Waals surface area contributed by atoms with Crippen LogP contribution in [-0.4, -0.2) is 114 Å². The maximum Gasteiger partial charge on any atom is 0.280 e. The SMILES string of the molecule is BP1(=O)OCC2OC(n3cnc4c(=O)[nH]c(N)nc43)C(OP(B)(=O)OCC3OC(n4cnc5c(N)ncnc54)C(O)C3O1)C2O. The van der Waals surface area contributed by atoms with Crippen molar-refractivity contribution in [3.8, 4) is 0 Å². The summed E-state index contributed by atoms with van der Waals surface area (Å²) in [6.07, 6.45) is -6.66. The maximum atomic E-state index is 13.7. The minimum atomic E-state index is -4.05. The first-order chi connectivity index (χ1) is 21.3. The van der Waals surface area contributed by atoms with Gasteiger partial charge in [0.15, 0.2) is 35.1 Å². The summed E-state index contributed by atoms with van der Waals surface area (Å²) >= 11 is 0. The molecule has 4 aromatic heterocycles. The number of aliphatic hydroxyl groups is 2.